The predicted octanol–water partition coefficient (Wildman–Crippen LogP) is -0.290. The number of aliphatic hydroxyl groups is 2. The lowest BCUT2D eigenvalue weighted by Crippen LogP contribution is -2.11. The van der Waals surface area contributed by atoms with Crippen LogP contribution in [0.4, 0.5) is 0 Å². The smallest absolute Gasteiger partial charge is 0.131 e. The van der Waals surface area contributed by atoms with Crippen LogP contribution in [-0.2, 0) is 9.09 Å². The molecule has 6 heteroatoms. The normalized spacial score (nSPS) is 18.2. The van der Waals surface area contributed by atoms with Crippen molar-refractivity contribution in [3.05, 3.63) is 0 Å². The van der Waals surface area contributed by atoms with Crippen LogP contribution in [0.1, 0.15) is 19.3 Å². The molecule has 13 heavy (non-hydrogen) atoms. The van der Waals surface area contributed by atoms with Gasteiger partial charge in [0.25, 0.3) is 0 Å². The minimum absolute atomic E-state index is 0.148. The largest absolute Gasteiger partial charge is 0.779 e. The highest BCUT2D eigenvalue weighted by Crippen LogP contribution is 2.30. The fraction of sp³-hybridized carbons (Fsp3) is 1.00. The van der Waals surface area contributed by atoms with Crippen LogP contribution in [0.3, 0.4) is 0 Å². The first kappa shape index (κ1) is 13.1. The van der Waals surface area contributed by atoms with E-state index in [2.05, 4.69) is 4.52 Å². The molecule has 80 valence electrons. The fourth-order valence-electron chi connectivity index (χ4n) is 0.804. The molecule has 2 atom stereocenters. The van der Waals surface area contributed by atoms with Gasteiger partial charge in [0, 0.05) is 6.66 Å². The predicted molar refractivity (Wildman–Crippen MR) is 46.4 cm³/mol. The van der Waals surface area contributed by atoms with E-state index in [0.29, 0.717) is 19.3 Å². The van der Waals surface area contributed by atoms with E-state index in [1.807, 2.05) is 0 Å². The molecule has 0 aliphatic heterocycles. The molecule has 0 aromatic heterocycles. The topological polar surface area (TPSA) is 89.8 Å². The van der Waals surface area contributed by atoms with Gasteiger partial charge >= 0.3 is 0 Å². The van der Waals surface area contributed by atoms with E-state index in [1.165, 1.54) is 0 Å². The van der Waals surface area contributed by atoms with Crippen LogP contribution in [0, 0.1) is 0 Å². The van der Waals surface area contributed by atoms with E-state index in [9.17, 15) is 9.46 Å². The van der Waals surface area contributed by atoms with Gasteiger partial charge in [-0.1, -0.05) is 0 Å². The van der Waals surface area contributed by atoms with Crippen molar-refractivity contribution < 1.29 is 24.2 Å². The third kappa shape index (κ3) is 9.99. The van der Waals surface area contributed by atoms with Gasteiger partial charge in [-0.3, -0.25) is 0 Å². The summed E-state index contributed by atoms with van der Waals surface area (Å²) in [5.74, 6) is 0. The molecule has 0 amide bonds. The van der Waals surface area contributed by atoms with Crippen molar-refractivity contribution in [2.24, 2.45) is 0 Å². The van der Waals surface area contributed by atoms with Crippen molar-refractivity contribution in [2.75, 3.05) is 19.9 Å². The van der Waals surface area contributed by atoms with Crippen LogP contribution in [0.15, 0.2) is 0 Å². The molecule has 0 heterocycles. The molecule has 0 rings (SSSR count). The van der Waals surface area contributed by atoms with E-state index >= 15 is 0 Å². The number of hydrogen-bond donors (Lipinski definition) is 2. The van der Waals surface area contributed by atoms with Crippen molar-refractivity contribution in [1.29, 1.82) is 0 Å². The van der Waals surface area contributed by atoms with Crippen molar-refractivity contribution in [3.8, 4) is 0 Å². The third-order valence-electron chi connectivity index (χ3n) is 1.47. The molecule has 2 unspecified atom stereocenters. The van der Waals surface area contributed by atoms with Gasteiger partial charge in [-0.25, -0.2) is 0 Å². The minimum atomic E-state index is -3.60. The summed E-state index contributed by atoms with van der Waals surface area (Å²) in [6.45, 7) is 0.916. The molecular formula is C7H16O5P-. The fourth-order valence-corrected chi connectivity index (χ4v) is 1.26. The van der Waals surface area contributed by atoms with Gasteiger partial charge in [-0.05, 0) is 19.3 Å². The third-order valence-corrected chi connectivity index (χ3v) is 2.12. The summed E-state index contributed by atoms with van der Waals surface area (Å²) in [7, 11) is -3.60. The Kier molecular flexibility index (Phi) is 6.55. The molecule has 2 N–H and O–H groups in total. The maximum atomic E-state index is 10.5. The zero-order chi connectivity index (χ0) is 10.3. The number of unbranched alkanes of at least 4 members (excludes halogenated alkanes) is 1. The Hall–Kier alpha value is 0.0700. The van der Waals surface area contributed by atoms with Gasteiger partial charge in [0.1, 0.15) is 7.60 Å². The van der Waals surface area contributed by atoms with Crippen LogP contribution < -0.4 is 4.89 Å². The maximum Gasteiger partial charge on any atom is 0.131 e. The maximum absolute atomic E-state index is 10.5. The molecule has 5 nitrogen and oxygen atoms in total. The molecule has 0 aromatic carbocycles. The second-order valence-corrected chi connectivity index (χ2v) is 4.74. The highest BCUT2D eigenvalue weighted by Gasteiger charge is 2.02. The number of hydrogen-bond acceptors (Lipinski definition) is 5. The standard InChI is InChI=1S/C7H17O5P/c1-13(10,11)12-5-3-2-4-7(9)6-8/h7-9H,2-6H2,1H3,(H,10,11)/p-1. The molecule has 0 bridgehead atoms. The Morgan fingerprint density at radius 3 is 2.62 bits per heavy atom. The minimum Gasteiger partial charge on any atom is -0.779 e. The van der Waals surface area contributed by atoms with Gasteiger partial charge < -0.3 is 24.2 Å². The SMILES string of the molecule is CP(=O)([O-])OCCCCC(O)CO. The van der Waals surface area contributed by atoms with Crippen LogP contribution in [0.2, 0.25) is 0 Å². The van der Waals surface area contributed by atoms with Gasteiger partial charge in [0.15, 0.2) is 0 Å². The quantitative estimate of drug-likeness (QED) is 0.446. The van der Waals surface area contributed by atoms with E-state index < -0.39 is 13.7 Å². The number of rotatable bonds is 7. The second-order valence-electron chi connectivity index (χ2n) is 2.94. The monoisotopic (exact) mass is 211 g/mol. The molecule has 0 spiro atoms. The Morgan fingerprint density at radius 2 is 2.15 bits per heavy atom. The van der Waals surface area contributed by atoms with E-state index in [4.69, 9.17) is 10.2 Å². The van der Waals surface area contributed by atoms with Gasteiger partial charge in [-0.2, -0.15) is 0 Å². The Balaban J connectivity index is 3.22. The Labute approximate surface area is 77.9 Å². The Morgan fingerprint density at radius 1 is 1.54 bits per heavy atom. The van der Waals surface area contributed by atoms with E-state index in [1.54, 1.807) is 0 Å². The lowest BCUT2D eigenvalue weighted by atomic mass is 10.2. The summed E-state index contributed by atoms with van der Waals surface area (Å²) in [4.78, 5) is 10.5. The van der Waals surface area contributed by atoms with Crippen molar-refractivity contribution >= 4 is 7.60 Å². The average Bonchev–Trinajstić information content (AvgIpc) is 2.01. The lowest BCUT2D eigenvalue weighted by molar-refractivity contribution is -0.196. The summed E-state index contributed by atoms with van der Waals surface area (Å²) in [5, 5.41) is 17.4. The van der Waals surface area contributed by atoms with E-state index in [-0.39, 0.29) is 13.2 Å². The van der Waals surface area contributed by atoms with Crippen LogP contribution in [-0.4, -0.2) is 36.2 Å². The summed E-state index contributed by atoms with van der Waals surface area (Å²) in [6.07, 6.45) is 0.965. The van der Waals surface area contributed by atoms with Crippen molar-refractivity contribution in [2.45, 2.75) is 25.4 Å². The zero-order valence-electron chi connectivity index (χ0n) is 7.68. The summed E-state index contributed by atoms with van der Waals surface area (Å²) < 4.78 is 15.0. The summed E-state index contributed by atoms with van der Waals surface area (Å²) in [6, 6.07) is 0. The van der Waals surface area contributed by atoms with Crippen LogP contribution in [0.25, 0.3) is 0 Å². The molecule has 0 aliphatic rings. The van der Waals surface area contributed by atoms with Gasteiger partial charge in [-0.15, -0.1) is 0 Å². The highest BCUT2D eigenvalue weighted by atomic mass is 31.2. The summed E-state index contributed by atoms with van der Waals surface area (Å²) in [5.41, 5.74) is 0. The first-order valence-corrected chi connectivity index (χ1v) is 6.16. The first-order chi connectivity index (χ1) is 5.95. The summed E-state index contributed by atoms with van der Waals surface area (Å²) >= 11 is 0. The molecular weight excluding hydrogens is 195 g/mol. The molecule has 0 saturated carbocycles. The molecule has 0 radical (unpaired) electrons. The van der Waals surface area contributed by atoms with Crippen molar-refractivity contribution in [1.82, 2.24) is 0 Å². The van der Waals surface area contributed by atoms with Gasteiger partial charge in [0.05, 0.1) is 19.3 Å². The molecule has 0 aliphatic carbocycles. The highest BCUT2D eigenvalue weighted by molar-refractivity contribution is 7.50. The Bertz CT molecular complexity index is 166. The van der Waals surface area contributed by atoms with Crippen LogP contribution in [0.5, 0.6) is 0 Å². The van der Waals surface area contributed by atoms with Crippen molar-refractivity contribution in [3.63, 3.8) is 0 Å². The molecule has 0 saturated heterocycles. The number of aliphatic hydroxyl groups excluding tert-OH is 2. The first-order valence-electron chi connectivity index (χ1n) is 4.17. The average molecular weight is 211 g/mol. The second kappa shape index (κ2) is 6.51. The zero-order valence-corrected chi connectivity index (χ0v) is 8.57. The van der Waals surface area contributed by atoms with Gasteiger partial charge in [0.2, 0.25) is 0 Å². The van der Waals surface area contributed by atoms with Crippen LogP contribution >= 0.6 is 7.60 Å². The molecule has 0 fully saturated rings. The lowest BCUT2D eigenvalue weighted by Gasteiger charge is -2.17. The van der Waals surface area contributed by atoms with E-state index in [0.717, 1.165) is 6.66 Å². The molecule has 0 aromatic rings.